The van der Waals surface area contributed by atoms with Crippen molar-refractivity contribution in [3.8, 4) is 11.5 Å². The van der Waals surface area contributed by atoms with Gasteiger partial charge in [0, 0.05) is 0 Å². The Bertz CT molecular complexity index is 890. The second-order valence-electron chi connectivity index (χ2n) is 6.11. The van der Waals surface area contributed by atoms with Crippen molar-refractivity contribution in [2.45, 2.75) is 26.3 Å². The Labute approximate surface area is 179 Å². The number of hydrogen-bond acceptors (Lipinski definition) is 6. The van der Waals surface area contributed by atoms with Crippen molar-refractivity contribution in [3.63, 3.8) is 0 Å². The molecule has 9 heteroatoms. The van der Waals surface area contributed by atoms with E-state index in [1.807, 2.05) is 18.2 Å². The zero-order chi connectivity index (χ0) is 21.9. The minimum absolute atomic E-state index is 0.0410. The van der Waals surface area contributed by atoms with Crippen molar-refractivity contribution in [1.29, 1.82) is 0 Å². The van der Waals surface area contributed by atoms with Crippen LogP contribution in [0.15, 0.2) is 47.6 Å². The predicted octanol–water partition coefficient (Wildman–Crippen LogP) is 3.77. The monoisotopic (exact) mass is 433 g/mol. The Morgan fingerprint density at radius 1 is 1.20 bits per heavy atom. The lowest BCUT2D eigenvalue weighted by Crippen LogP contribution is -2.33. The fraction of sp³-hybridized carbons (Fsp3) is 0.286. The van der Waals surface area contributed by atoms with Crippen LogP contribution in [-0.2, 0) is 9.53 Å². The number of hydrazone groups is 1. The van der Waals surface area contributed by atoms with Crippen molar-refractivity contribution in [1.82, 2.24) is 10.7 Å². The van der Waals surface area contributed by atoms with Crippen LogP contribution in [0.4, 0.5) is 4.79 Å². The third kappa shape index (κ3) is 6.97. The second kappa shape index (κ2) is 11.7. The Balaban J connectivity index is 2.04. The molecule has 3 N–H and O–H groups in total. The van der Waals surface area contributed by atoms with E-state index in [0.717, 1.165) is 5.56 Å². The molecule has 0 saturated heterocycles. The summed E-state index contributed by atoms with van der Waals surface area (Å²) in [5, 5.41) is 16.6. The van der Waals surface area contributed by atoms with Crippen LogP contribution in [0.25, 0.3) is 0 Å². The van der Waals surface area contributed by atoms with Crippen LogP contribution in [0.1, 0.15) is 37.4 Å². The summed E-state index contributed by atoms with van der Waals surface area (Å²) < 4.78 is 10.2. The standard InChI is InChI=1S/C21H24ClN3O5/c1-3-29-18-11-14(10-16(22)20(18)27)13-23-25-19(26)12-17(24-21(28)30-4-2)15-8-6-5-7-9-15/h5-11,13,17,27H,3-4,12H2,1-2H3,(H,24,28)(H,25,26)/b23-13-/t17-/m1/s1. The van der Waals surface area contributed by atoms with Gasteiger partial charge in [-0.1, -0.05) is 41.9 Å². The molecule has 0 spiro atoms. The molecule has 0 heterocycles. The number of ether oxygens (including phenoxy) is 2. The molecule has 0 saturated carbocycles. The van der Waals surface area contributed by atoms with E-state index < -0.39 is 18.0 Å². The summed E-state index contributed by atoms with van der Waals surface area (Å²) in [5.74, 6) is -0.345. The highest BCUT2D eigenvalue weighted by Crippen LogP contribution is 2.34. The quantitative estimate of drug-likeness (QED) is 0.412. The van der Waals surface area contributed by atoms with Gasteiger partial charge in [-0.2, -0.15) is 5.10 Å². The molecule has 0 aliphatic carbocycles. The number of phenols is 1. The number of aromatic hydroxyl groups is 1. The van der Waals surface area contributed by atoms with Crippen molar-refractivity contribution in [2.75, 3.05) is 13.2 Å². The number of amides is 2. The molecule has 0 unspecified atom stereocenters. The number of phenolic OH excluding ortho intramolecular Hbond substituents is 1. The van der Waals surface area contributed by atoms with Crippen LogP contribution in [0.3, 0.4) is 0 Å². The van der Waals surface area contributed by atoms with Crippen LogP contribution in [0.5, 0.6) is 11.5 Å². The minimum Gasteiger partial charge on any atom is -0.503 e. The number of alkyl carbamates (subject to hydrolysis) is 1. The molecule has 160 valence electrons. The van der Waals surface area contributed by atoms with E-state index in [1.165, 1.54) is 12.3 Å². The van der Waals surface area contributed by atoms with Gasteiger partial charge in [-0.15, -0.1) is 0 Å². The molecule has 30 heavy (non-hydrogen) atoms. The van der Waals surface area contributed by atoms with Crippen molar-refractivity contribution < 1.29 is 24.2 Å². The molecule has 2 aromatic carbocycles. The van der Waals surface area contributed by atoms with Crippen LogP contribution >= 0.6 is 11.6 Å². The maximum atomic E-state index is 12.3. The number of rotatable bonds is 9. The molecule has 1 atom stereocenters. The van der Waals surface area contributed by atoms with Crippen LogP contribution in [0.2, 0.25) is 5.02 Å². The molecule has 0 fully saturated rings. The van der Waals surface area contributed by atoms with Crippen molar-refractivity contribution in [3.05, 3.63) is 58.6 Å². The van der Waals surface area contributed by atoms with Gasteiger partial charge in [0.1, 0.15) is 0 Å². The van der Waals surface area contributed by atoms with Crippen LogP contribution in [-0.4, -0.2) is 36.5 Å². The maximum absolute atomic E-state index is 12.3. The normalized spacial score (nSPS) is 11.7. The number of benzene rings is 2. The Morgan fingerprint density at radius 2 is 1.93 bits per heavy atom. The SMILES string of the molecule is CCOC(=O)N[C@H](CC(=O)N/N=C\c1cc(Cl)c(O)c(OCC)c1)c1ccccc1. The summed E-state index contributed by atoms with van der Waals surface area (Å²) in [6, 6.07) is 11.6. The average Bonchev–Trinajstić information content (AvgIpc) is 2.72. The zero-order valence-corrected chi connectivity index (χ0v) is 17.5. The maximum Gasteiger partial charge on any atom is 0.407 e. The summed E-state index contributed by atoms with van der Waals surface area (Å²) in [4.78, 5) is 24.2. The number of nitrogens with one attached hydrogen (secondary N) is 2. The van der Waals surface area contributed by atoms with E-state index in [0.29, 0.717) is 12.2 Å². The first kappa shape index (κ1) is 23.0. The van der Waals surface area contributed by atoms with Gasteiger partial charge in [0.25, 0.3) is 0 Å². The molecule has 0 aromatic heterocycles. The molecule has 2 amide bonds. The van der Waals surface area contributed by atoms with E-state index in [2.05, 4.69) is 15.8 Å². The smallest absolute Gasteiger partial charge is 0.407 e. The first-order valence-electron chi connectivity index (χ1n) is 9.40. The molecule has 0 radical (unpaired) electrons. The highest BCUT2D eigenvalue weighted by molar-refractivity contribution is 6.32. The summed E-state index contributed by atoms with van der Waals surface area (Å²) in [7, 11) is 0. The van der Waals surface area contributed by atoms with E-state index in [-0.39, 0.29) is 29.5 Å². The number of nitrogens with zero attached hydrogens (tertiary/aromatic N) is 1. The molecule has 0 aliphatic heterocycles. The van der Waals surface area contributed by atoms with Crippen molar-refractivity contribution in [2.24, 2.45) is 5.10 Å². The van der Waals surface area contributed by atoms with Gasteiger partial charge in [-0.25, -0.2) is 10.2 Å². The third-order valence-electron chi connectivity index (χ3n) is 3.91. The Morgan fingerprint density at radius 3 is 2.60 bits per heavy atom. The van der Waals surface area contributed by atoms with E-state index in [1.54, 1.807) is 32.0 Å². The number of carbonyl (C=O) groups is 2. The third-order valence-corrected chi connectivity index (χ3v) is 4.20. The van der Waals surface area contributed by atoms with Gasteiger partial charge >= 0.3 is 6.09 Å². The zero-order valence-electron chi connectivity index (χ0n) is 16.7. The lowest BCUT2D eigenvalue weighted by atomic mass is 10.0. The summed E-state index contributed by atoms with van der Waals surface area (Å²) in [6.45, 7) is 4.06. The first-order valence-corrected chi connectivity index (χ1v) is 9.77. The fourth-order valence-electron chi connectivity index (χ4n) is 2.60. The van der Waals surface area contributed by atoms with Gasteiger partial charge in [-0.05, 0) is 37.1 Å². The molecule has 2 rings (SSSR count). The highest BCUT2D eigenvalue weighted by Gasteiger charge is 2.18. The number of halogens is 1. The second-order valence-corrected chi connectivity index (χ2v) is 6.52. The number of hydrogen-bond donors (Lipinski definition) is 3. The molecule has 0 aliphatic rings. The molecule has 8 nitrogen and oxygen atoms in total. The average molecular weight is 434 g/mol. The van der Waals surface area contributed by atoms with E-state index >= 15 is 0 Å². The van der Waals surface area contributed by atoms with Gasteiger partial charge in [-0.3, -0.25) is 4.79 Å². The summed E-state index contributed by atoms with van der Waals surface area (Å²) >= 11 is 5.98. The van der Waals surface area contributed by atoms with Gasteiger partial charge < -0.3 is 19.9 Å². The fourth-order valence-corrected chi connectivity index (χ4v) is 2.82. The molecule has 2 aromatic rings. The summed E-state index contributed by atoms with van der Waals surface area (Å²) in [5.41, 5.74) is 3.71. The van der Waals surface area contributed by atoms with Crippen LogP contribution < -0.4 is 15.5 Å². The lowest BCUT2D eigenvalue weighted by molar-refractivity contribution is -0.121. The topological polar surface area (TPSA) is 109 Å². The van der Waals surface area contributed by atoms with Crippen LogP contribution in [0, 0.1) is 0 Å². The van der Waals surface area contributed by atoms with Crippen molar-refractivity contribution >= 4 is 29.8 Å². The number of carbonyl (C=O) groups excluding carboxylic acids is 2. The highest BCUT2D eigenvalue weighted by atomic mass is 35.5. The molecular formula is C21H24ClN3O5. The predicted molar refractivity (Wildman–Crippen MR) is 114 cm³/mol. The minimum atomic E-state index is -0.607. The van der Waals surface area contributed by atoms with Gasteiger partial charge in [0.2, 0.25) is 5.91 Å². The van der Waals surface area contributed by atoms with Gasteiger partial charge in [0.15, 0.2) is 11.5 Å². The molecular weight excluding hydrogens is 410 g/mol. The Kier molecular flexibility index (Phi) is 8.96. The Hall–Kier alpha value is -3.26. The summed E-state index contributed by atoms with van der Waals surface area (Å²) in [6.07, 6.45) is 0.729. The largest absolute Gasteiger partial charge is 0.503 e. The molecule has 0 bridgehead atoms. The van der Waals surface area contributed by atoms with E-state index in [4.69, 9.17) is 21.1 Å². The first-order chi connectivity index (χ1) is 14.4. The lowest BCUT2D eigenvalue weighted by Gasteiger charge is -2.18. The van der Waals surface area contributed by atoms with Gasteiger partial charge in [0.05, 0.1) is 36.9 Å². The van der Waals surface area contributed by atoms with E-state index in [9.17, 15) is 14.7 Å².